The highest BCUT2D eigenvalue weighted by Crippen LogP contribution is 2.38. The van der Waals surface area contributed by atoms with Crippen molar-refractivity contribution in [3.05, 3.63) is 48.0 Å². The number of oxazole rings is 1. The van der Waals surface area contributed by atoms with E-state index in [0.717, 1.165) is 36.8 Å². The van der Waals surface area contributed by atoms with Gasteiger partial charge in [-0.05, 0) is 43.5 Å². The molecule has 3 aromatic rings. The molecule has 0 unspecified atom stereocenters. The molecule has 32 heavy (non-hydrogen) atoms. The summed E-state index contributed by atoms with van der Waals surface area (Å²) >= 11 is 0. The number of aryl methyl sites for hydroxylation is 1. The van der Waals surface area contributed by atoms with Crippen molar-refractivity contribution in [3.8, 4) is 23.0 Å². The van der Waals surface area contributed by atoms with Crippen LogP contribution in [0.15, 0.2) is 56.8 Å². The number of anilines is 1. The summed E-state index contributed by atoms with van der Waals surface area (Å²) in [7, 11) is -3.96. The van der Waals surface area contributed by atoms with Gasteiger partial charge >= 0.3 is 0 Å². The van der Waals surface area contributed by atoms with Crippen molar-refractivity contribution in [2.75, 3.05) is 18.5 Å². The van der Waals surface area contributed by atoms with Gasteiger partial charge in [0.1, 0.15) is 13.2 Å². The lowest BCUT2D eigenvalue weighted by Gasteiger charge is -2.22. The average molecular weight is 455 g/mol. The number of hydrogen-bond donors (Lipinski definition) is 1. The number of aromatic nitrogens is 1. The molecule has 2 aliphatic rings. The quantitative estimate of drug-likeness (QED) is 0.580. The van der Waals surface area contributed by atoms with Gasteiger partial charge in [-0.15, -0.1) is 0 Å². The normalized spacial score (nSPS) is 16.7. The molecule has 1 aliphatic heterocycles. The molecule has 8 heteroatoms. The lowest BCUT2D eigenvalue weighted by atomic mass is 9.96. The predicted molar refractivity (Wildman–Crippen MR) is 120 cm³/mol. The molecule has 1 aromatic heterocycles. The number of ether oxygens (including phenoxy) is 2. The zero-order valence-electron chi connectivity index (χ0n) is 18.0. The van der Waals surface area contributed by atoms with E-state index < -0.39 is 9.84 Å². The van der Waals surface area contributed by atoms with Crippen molar-refractivity contribution in [3.63, 3.8) is 0 Å². The molecule has 5 rings (SSSR count). The third-order valence-electron chi connectivity index (χ3n) is 5.99. The van der Waals surface area contributed by atoms with Crippen LogP contribution in [-0.2, 0) is 9.84 Å². The number of fused-ring (bicyclic) bond motifs is 1. The monoisotopic (exact) mass is 454 g/mol. The molecule has 7 nitrogen and oxygen atoms in total. The summed E-state index contributed by atoms with van der Waals surface area (Å²) < 4.78 is 44.5. The van der Waals surface area contributed by atoms with Crippen LogP contribution < -0.4 is 14.8 Å². The Labute approximate surface area is 187 Å². The van der Waals surface area contributed by atoms with Gasteiger partial charge in [0.15, 0.2) is 11.5 Å². The maximum Gasteiger partial charge on any atom is 0.234 e. The van der Waals surface area contributed by atoms with Gasteiger partial charge in [-0.3, -0.25) is 0 Å². The minimum absolute atomic E-state index is 0.0954. The number of benzene rings is 2. The second-order valence-electron chi connectivity index (χ2n) is 8.26. The Morgan fingerprint density at radius 2 is 1.72 bits per heavy atom. The Balaban J connectivity index is 1.58. The fraction of sp³-hybridized carbons (Fsp3) is 0.375. The topological polar surface area (TPSA) is 90.7 Å². The molecule has 0 bridgehead atoms. The van der Waals surface area contributed by atoms with Crippen LogP contribution in [0.4, 0.5) is 5.88 Å². The molecule has 1 aliphatic carbocycles. The summed E-state index contributed by atoms with van der Waals surface area (Å²) in [5.41, 5.74) is 1.73. The lowest BCUT2D eigenvalue weighted by molar-refractivity contribution is 0.171. The van der Waals surface area contributed by atoms with Crippen LogP contribution in [0.2, 0.25) is 0 Å². The summed E-state index contributed by atoms with van der Waals surface area (Å²) in [6, 6.07) is 12.4. The molecule has 2 aromatic carbocycles. The molecule has 0 spiro atoms. The number of sulfone groups is 1. The van der Waals surface area contributed by atoms with Crippen LogP contribution in [0.5, 0.6) is 11.5 Å². The molecule has 0 amide bonds. The number of nitrogens with zero attached hydrogens (tertiary/aromatic N) is 1. The van der Waals surface area contributed by atoms with E-state index in [-0.39, 0.29) is 27.7 Å². The second-order valence-corrected chi connectivity index (χ2v) is 10.1. The van der Waals surface area contributed by atoms with Crippen molar-refractivity contribution in [1.29, 1.82) is 0 Å². The Bertz CT molecular complexity index is 1230. The van der Waals surface area contributed by atoms with Crippen LogP contribution in [-0.4, -0.2) is 32.7 Å². The van der Waals surface area contributed by atoms with Gasteiger partial charge in [-0.25, -0.2) is 8.42 Å². The zero-order valence-corrected chi connectivity index (χ0v) is 18.8. The summed E-state index contributed by atoms with van der Waals surface area (Å²) in [6.07, 6.45) is 5.38. The highest BCUT2D eigenvalue weighted by molar-refractivity contribution is 7.91. The lowest BCUT2D eigenvalue weighted by Crippen LogP contribution is -2.23. The first-order valence-corrected chi connectivity index (χ1v) is 12.5. The van der Waals surface area contributed by atoms with Gasteiger partial charge in [0, 0.05) is 17.7 Å². The second kappa shape index (κ2) is 8.50. The van der Waals surface area contributed by atoms with Gasteiger partial charge < -0.3 is 19.2 Å². The van der Waals surface area contributed by atoms with E-state index in [1.807, 2.05) is 31.2 Å². The number of nitrogens with one attached hydrogen (secondary N) is 1. The molecule has 168 valence electrons. The van der Waals surface area contributed by atoms with E-state index in [4.69, 9.17) is 13.9 Å². The molecule has 0 saturated heterocycles. The summed E-state index contributed by atoms with van der Waals surface area (Å²) in [5, 5.41) is 3.23. The minimum atomic E-state index is -3.96. The Kier molecular flexibility index (Phi) is 5.55. The van der Waals surface area contributed by atoms with Crippen molar-refractivity contribution in [2.45, 2.75) is 55.0 Å². The molecule has 1 fully saturated rings. The maximum absolute atomic E-state index is 13.7. The highest BCUT2D eigenvalue weighted by Gasteiger charge is 2.31. The molecule has 0 atom stereocenters. The van der Waals surface area contributed by atoms with Crippen LogP contribution in [0.25, 0.3) is 11.5 Å². The minimum Gasteiger partial charge on any atom is -0.486 e. The van der Waals surface area contributed by atoms with Crippen LogP contribution in [0.1, 0.15) is 37.7 Å². The van der Waals surface area contributed by atoms with Crippen molar-refractivity contribution in [2.24, 2.45) is 0 Å². The van der Waals surface area contributed by atoms with Crippen LogP contribution >= 0.6 is 0 Å². The zero-order chi connectivity index (χ0) is 22.1. The molecular weight excluding hydrogens is 428 g/mol. The summed E-state index contributed by atoms with van der Waals surface area (Å²) in [5.74, 6) is 1.45. The fourth-order valence-corrected chi connectivity index (χ4v) is 5.52. The van der Waals surface area contributed by atoms with Gasteiger partial charge in [-0.2, -0.15) is 4.98 Å². The van der Waals surface area contributed by atoms with Gasteiger partial charge in [0.05, 0.1) is 4.90 Å². The predicted octanol–water partition coefficient (Wildman–Crippen LogP) is 5.00. The van der Waals surface area contributed by atoms with Gasteiger partial charge in [0.2, 0.25) is 26.6 Å². The molecular formula is C24H26N2O5S. The van der Waals surface area contributed by atoms with E-state index >= 15 is 0 Å². The molecule has 0 radical (unpaired) electrons. The molecule has 2 heterocycles. The van der Waals surface area contributed by atoms with E-state index in [1.165, 1.54) is 18.6 Å². The van der Waals surface area contributed by atoms with E-state index in [0.29, 0.717) is 24.7 Å². The van der Waals surface area contributed by atoms with Crippen molar-refractivity contribution < 1.29 is 22.3 Å². The summed E-state index contributed by atoms with van der Waals surface area (Å²) in [4.78, 5) is 4.57. The van der Waals surface area contributed by atoms with E-state index in [1.54, 1.807) is 6.07 Å². The fourth-order valence-electron chi connectivity index (χ4n) is 4.24. The standard InChI is InChI=1S/C24H26N2O5S/c1-16-7-5-6-10-19(16)22-26-24(23(31-22)25-17-8-3-2-4-9-17)32(27,28)18-11-12-20-21(15-18)30-14-13-29-20/h5-7,10-12,15,17,25H,2-4,8-9,13-14H2,1H3. The third-order valence-corrected chi connectivity index (χ3v) is 7.65. The summed E-state index contributed by atoms with van der Waals surface area (Å²) in [6.45, 7) is 2.77. The van der Waals surface area contributed by atoms with Gasteiger partial charge in [0.25, 0.3) is 0 Å². The highest BCUT2D eigenvalue weighted by atomic mass is 32.2. The Hall–Kier alpha value is -3.00. The smallest absolute Gasteiger partial charge is 0.234 e. The number of hydrogen-bond acceptors (Lipinski definition) is 7. The third kappa shape index (κ3) is 3.95. The first kappa shape index (κ1) is 20.9. The average Bonchev–Trinajstić information content (AvgIpc) is 3.24. The Morgan fingerprint density at radius 3 is 2.50 bits per heavy atom. The maximum atomic E-state index is 13.7. The number of rotatable bonds is 5. The first-order chi connectivity index (χ1) is 15.5. The Morgan fingerprint density at radius 1 is 0.969 bits per heavy atom. The SMILES string of the molecule is Cc1ccccc1-c1nc(S(=O)(=O)c2ccc3c(c2)OCCO3)c(NC2CCCCC2)o1. The van der Waals surface area contributed by atoms with Crippen LogP contribution in [0.3, 0.4) is 0 Å². The largest absolute Gasteiger partial charge is 0.486 e. The molecule has 1 N–H and O–H groups in total. The molecule has 1 saturated carbocycles. The van der Waals surface area contributed by atoms with Crippen molar-refractivity contribution >= 4 is 15.7 Å². The van der Waals surface area contributed by atoms with Crippen LogP contribution in [0, 0.1) is 6.92 Å². The first-order valence-electron chi connectivity index (χ1n) is 11.0. The van der Waals surface area contributed by atoms with E-state index in [2.05, 4.69) is 10.3 Å². The van der Waals surface area contributed by atoms with Gasteiger partial charge in [-0.1, -0.05) is 37.5 Å². The van der Waals surface area contributed by atoms with E-state index in [9.17, 15) is 8.42 Å². The van der Waals surface area contributed by atoms with Crippen molar-refractivity contribution in [1.82, 2.24) is 4.98 Å².